The zero-order valence-corrected chi connectivity index (χ0v) is 27.8. The molecule has 0 spiro atoms. The summed E-state index contributed by atoms with van der Waals surface area (Å²) < 4.78 is 5.64. The number of benzene rings is 3. The normalized spacial score (nSPS) is 12.1. The fourth-order valence-corrected chi connectivity index (χ4v) is 5.30. The first-order valence-electron chi connectivity index (χ1n) is 16.1. The fraction of sp³-hybridized carbons (Fsp3) is 0.417. The monoisotopic (exact) mass is 678 g/mol. The summed E-state index contributed by atoms with van der Waals surface area (Å²) in [5.41, 5.74) is 8.96. The number of carboxylic acid groups (broad SMARTS) is 3. The van der Waals surface area contributed by atoms with Crippen molar-refractivity contribution in [3.8, 4) is 0 Å². The second-order valence-electron chi connectivity index (χ2n) is 12.2. The number of carbonyl (C=O) groups excluding carboxylic acids is 2. The van der Waals surface area contributed by atoms with Crippen LogP contribution in [-0.4, -0.2) is 132 Å². The molecule has 264 valence electrons. The number of aliphatic carboxylic acids is 3. The Labute approximate surface area is 285 Å². The highest BCUT2D eigenvalue weighted by atomic mass is 16.5. The predicted octanol–water partition coefficient (Wildman–Crippen LogP) is 1.79. The van der Waals surface area contributed by atoms with Crippen molar-refractivity contribution in [2.45, 2.75) is 31.9 Å². The fourth-order valence-electron chi connectivity index (χ4n) is 5.30. The van der Waals surface area contributed by atoms with Crippen molar-refractivity contribution in [3.05, 3.63) is 83.4 Å². The Kier molecular flexibility index (Phi) is 16.0. The molecule has 0 radical (unpaired) electrons. The van der Waals surface area contributed by atoms with E-state index in [4.69, 9.17) is 25.8 Å². The number of carbonyl (C=O) groups is 5. The van der Waals surface area contributed by atoms with Crippen LogP contribution in [0.1, 0.15) is 23.1 Å². The van der Waals surface area contributed by atoms with E-state index in [2.05, 4.69) is 0 Å². The summed E-state index contributed by atoms with van der Waals surface area (Å²) in [6.07, 6.45) is 1.15. The molecule has 0 amide bonds. The van der Waals surface area contributed by atoms with Crippen molar-refractivity contribution in [3.63, 3.8) is 0 Å². The summed E-state index contributed by atoms with van der Waals surface area (Å²) >= 11 is 0. The first-order chi connectivity index (χ1) is 23.4. The van der Waals surface area contributed by atoms with E-state index >= 15 is 0 Å². The third-order valence-electron chi connectivity index (χ3n) is 7.96. The number of nitrogens with zero attached hydrogens (tertiary/aromatic N) is 3. The number of aryl methyl sites for hydroxylation is 1. The molecular formula is C36H46N4O9. The lowest BCUT2D eigenvalue weighted by atomic mass is 10.0. The number of likely N-dealkylation sites (N-methyl/N-ethyl adjacent to an activating group) is 1. The Balaban J connectivity index is 1.44. The first kappa shape index (κ1) is 38.9. The summed E-state index contributed by atoms with van der Waals surface area (Å²) in [5, 5.41) is 29.5. The van der Waals surface area contributed by atoms with E-state index in [-0.39, 0.29) is 57.4 Å². The van der Waals surface area contributed by atoms with E-state index in [9.17, 15) is 24.0 Å². The van der Waals surface area contributed by atoms with Gasteiger partial charge in [-0.25, -0.2) is 0 Å². The van der Waals surface area contributed by atoms with Crippen molar-refractivity contribution in [1.82, 2.24) is 14.7 Å². The van der Waals surface area contributed by atoms with Crippen LogP contribution >= 0.6 is 0 Å². The standard InChI is InChI=1S/C36H46N4O9/c1-38(21-34(43)44)14-15-39(16-17-40(22-35(45)46)23-36(47)48)20-31(41)13-11-26-6-8-27(9-7-26)24-49-25-33(42)32(37)19-28-10-12-29-4-2-3-5-30(29)18-28/h2-10,12,18,32H,11,13-17,19-25,37H2,1H3,(H,43,44)(H,45,46)(H,47,48)/t32-/m1/s1. The maximum Gasteiger partial charge on any atom is 0.317 e. The number of rotatable bonds is 24. The SMILES string of the molecule is CN(CCN(CCN(CC(=O)O)CC(=O)O)CC(=O)CCc1ccc(COCC(=O)[C@H](N)Cc2ccc3ccccc3c2)cc1)CC(=O)O. The second kappa shape index (κ2) is 20.1. The van der Waals surface area contributed by atoms with Gasteiger partial charge in [0, 0.05) is 32.6 Å². The molecule has 1 atom stereocenters. The number of fused-ring (bicyclic) bond motifs is 1. The van der Waals surface area contributed by atoms with Crippen LogP contribution < -0.4 is 5.73 Å². The van der Waals surface area contributed by atoms with E-state index in [1.54, 1.807) is 16.8 Å². The number of ketones is 2. The van der Waals surface area contributed by atoms with Crippen molar-refractivity contribution in [1.29, 1.82) is 0 Å². The summed E-state index contributed by atoms with van der Waals surface area (Å²) in [4.78, 5) is 63.6. The Bertz CT molecular complexity index is 1550. The van der Waals surface area contributed by atoms with Crippen LogP contribution in [0.5, 0.6) is 0 Å². The smallest absolute Gasteiger partial charge is 0.317 e. The van der Waals surface area contributed by atoms with Crippen molar-refractivity contribution >= 4 is 40.2 Å². The van der Waals surface area contributed by atoms with Crippen LogP contribution in [0.15, 0.2) is 66.7 Å². The van der Waals surface area contributed by atoms with Gasteiger partial charge in [-0.15, -0.1) is 0 Å². The average molecular weight is 679 g/mol. The van der Waals surface area contributed by atoms with Crippen LogP contribution in [-0.2, 0) is 48.2 Å². The van der Waals surface area contributed by atoms with E-state index in [1.807, 2.05) is 66.7 Å². The summed E-state index contributed by atoms with van der Waals surface area (Å²) in [6, 6.07) is 20.9. The number of ether oxygens (including phenoxy) is 1. The lowest BCUT2D eigenvalue weighted by Gasteiger charge is -2.27. The van der Waals surface area contributed by atoms with E-state index in [0.717, 1.165) is 27.5 Å². The van der Waals surface area contributed by atoms with Gasteiger partial charge < -0.3 is 25.8 Å². The summed E-state index contributed by atoms with van der Waals surface area (Å²) in [7, 11) is 1.64. The molecule has 13 nitrogen and oxygen atoms in total. The van der Waals surface area contributed by atoms with E-state index in [1.165, 1.54) is 4.90 Å². The summed E-state index contributed by atoms with van der Waals surface area (Å²) in [6.45, 7) is 0.142. The Morgan fingerprint density at radius 3 is 1.92 bits per heavy atom. The highest BCUT2D eigenvalue weighted by molar-refractivity contribution is 5.86. The van der Waals surface area contributed by atoms with Crippen LogP contribution in [0.25, 0.3) is 10.8 Å². The molecule has 0 aliphatic heterocycles. The quantitative estimate of drug-likeness (QED) is 0.107. The van der Waals surface area contributed by atoms with Gasteiger partial charge in [0.25, 0.3) is 0 Å². The molecule has 0 fully saturated rings. The molecule has 3 rings (SSSR count). The topological polar surface area (TPSA) is 191 Å². The minimum atomic E-state index is -1.16. The Hall–Kier alpha value is -4.53. The predicted molar refractivity (Wildman–Crippen MR) is 183 cm³/mol. The first-order valence-corrected chi connectivity index (χ1v) is 16.1. The van der Waals surface area contributed by atoms with E-state index < -0.39 is 37.0 Å². The molecule has 0 bridgehead atoms. The van der Waals surface area contributed by atoms with Crippen LogP contribution in [0, 0.1) is 0 Å². The molecule has 3 aromatic carbocycles. The molecule has 0 aromatic heterocycles. The number of hydrogen-bond acceptors (Lipinski definition) is 10. The van der Waals surface area contributed by atoms with Crippen molar-refractivity contribution in [2.24, 2.45) is 5.73 Å². The molecule has 49 heavy (non-hydrogen) atoms. The van der Waals surface area contributed by atoms with Crippen molar-refractivity contribution < 1.29 is 44.0 Å². The molecule has 3 aromatic rings. The molecule has 0 heterocycles. The molecular weight excluding hydrogens is 632 g/mol. The minimum Gasteiger partial charge on any atom is -0.480 e. The number of Topliss-reactive ketones (excluding diaryl/α,β-unsaturated/α-hetero) is 2. The highest BCUT2D eigenvalue weighted by Crippen LogP contribution is 2.17. The lowest BCUT2D eigenvalue weighted by Crippen LogP contribution is -2.44. The average Bonchev–Trinajstić information content (AvgIpc) is 3.04. The van der Waals surface area contributed by atoms with E-state index in [0.29, 0.717) is 25.9 Å². The van der Waals surface area contributed by atoms with Crippen LogP contribution in [0.3, 0.4) is 0 Å². The summed E-state index contributed by atoms with van der Waals surface area (Å²) in [5.74, 6) is -3.54. The van der Waals surface area contributed by atoms with Gasteiger partial charge in [0.15, 0.2) is 5.78 Å². The van der Waals surface area contributed by atoms with Gasteiger partial charge in [0.05, 0.1) is 38.8 Å². The Morgan fingerprint density at radius 1 is 0.694 bits per heavy atom. The number of carboxylic acids is 3. The molecule has 0 saturated heterocycles. The van der Waals surface area contributed by atoms with Gasteiger partial charge in [-0.1, -0.05) is 66.7 Å². The third kappa shape index (κ3) is 15.1. The van der Waals surface area contributed by atoms with Crippen molar-refractivity contribution in [2.75, 3.05) is 66.0 Å². The molecule has 0 unspecified atom stereocenters. The zero-order chi connectivity index (χ0) is 35.8. The van der Waals surface area contributed by atoms with Gasteiger partial charge in [0.2, 0.25) is 0 Å². The highest BCUT2D eigenvalue weighted by Gasteiger charge is 2.18. The molecule has 0 aliphatic rings. The maximum atomic E-state index is 12.9. The van der Waals surface area contributed by atoms with Gasteiger partial charge >= 0.3 is 17.9 Å². The second-order valence-corrected chi connectivity index (χ2v) is 12.2. The Morgan fingerprint density at radius 2 is 1.27 bits per heavy atom. The minimum absolute atomic E-state index is 0.0534. The number of hydrogen-bond donors (Lipinski definition) is 4. The van der Waals surface area contributed by atoms with Gasteiger partial charge in [-0.05, 0) is 47.4 Å². The van der Waals surface area contributed by atoms with Gasteiger partial charge in [-0.3, -0.25) is 38.7 Å². The molecule has 0 saturated carbocycles. The molecule has 13 heteroatoms. The van der Waals surface area contributed by atoms with Crippen LogP contribution in [0.2, 0.25) is 0 Å². The lowest BCUT2D eigenvalue weighted by molar-refractivity contribution is -0.142. The van der Waals surface area contributed by atoms with Gasteiger partial charge in [-0.2, -0.15) is 0 Å². The number of nitrogens with two attached hydrogens (primary N) is 1. The maximum absolute atomic E-state index is 12.9. The molecule has 5 N–H and O–H groups in total. The molecule has 0 aliphatic carbocycles. The third-order valence-corrected chi connectivity index (χ3v) is 7.96. The zero-order valence-electron chi connectivity index (χ0n) is 27.8. The largest absolute Gasteiger partial charge is 0.480 e. The van der Waals surface area contributed by atoms with Crippen LogP contribution in [0.4, 0.5) is 0 Å². The van der Waals surface area contributed by atoms with Gasteiger partial charge in [0.1, 0.15) is 12.4 Å².